The Labute approximate surface area is 149 Å². The van der Waals surface area contributed by atoms with Crippen LogP contribution in [-0.2, 0) is 0 Å². The van der Waals surface area contributed by atoms with E-state index in [1.54, 1.807) is 35.2 Å². The first-order valence-electron chi connectivity index (χ1n) is 7.63. The van der Waals surface area contributed by atoms with Gasteiger partial charge in [0.25, 0.3) is 11.8 Å². The van der Waals surface area contributed by atoms with Crippen LogP contribution in [0.4, 0.5) is 0 Å². The Morgan fingerprint density at radius 3 is 2.54 bits per heavy atom. The molecular weight excluding hydrogens is 351 g/mol. The van der Waals surface area contributed by atoms with E-state index in [-0.39, 0.29) is 17.9 Å². The lowest BCUT2D eigenvalue weighted by Gasteiger charge is -2.32. The maximum Gasteiger partial charge on any atom is 0.287 e. The summed E-state index contributed by atoms with van der Waals surface area (Å²) in [4.78, 5) is 26.3. The van der Waals surface area contributed by atoms with Gasteiger partial charge in [-0.2, -0.15) is 0 Å². The Bertz CT molecular complexity index is 738. The van der Waals surface area contributed by atoms with Crippen LogP contribution in [0.5, 0.6) is 0 Å². The molecule has 1 aliphatic rings. The van der Waals surface area contributed by atoms with Gasteiger partial charge in [0.2, 0.25) is 0 Å². The number of carbonyl (C=O) groups is 2. The SMILES string of the molecule is O=C(NC1CCN(C(=O)c2ccc(Cl)cc2Cl)CC1)c1ccco1. The largest absolute Gasteiger partial charge is 0.459 e. The van der Waals surface area contributed by atoms with Crippen LogP contribution in [0.15, 0.2) is 41.0 Å². The summed E-state index contributed by atoms with van der Waals surface area (Å²) in [6.45, 7) is 1.11. The molecule has 126 valence electrons. The first kappa shape index (κ1) is 16.9. The highest BCUT2D eigenvalue weighted by molar-refractivity contribution is 6.36. The highest BCUT2D eigenvalue weighted by atomic mass is 35.5. The summed E-state index contributed by atoms with van der Waals surface area (Å²) in [5.74, 6) is -0.0561. The van der Waals surface area contributed by atoms with Crippen molar-refractivity contribution in [1.29, 1.82) is 0 Å². The van der Waals surface area contributed by atoms with Gasteiger partial charge in [-0.1, -0.05) is 23.2 Å². The lowest BCUT2D eigenvalue weighted by Crippen LogP contribution is -2.46. The average molecular weight is 367 g/mol. The summed E-state index contributed by atoms with van der Waals surface area (Å²) < 4.78 is 5.07. The molecule has 0 aliphatic carbocycles. The first-order chi connectivity index (χ1) is 11.5. The molecule has 5 nitrogen and oxygen atoms in total. The van der Waals surface area contributed by atoms with Crippen LogP contribution in [0.2, 0.25) is 10.0 Å². The minimum atomic E-state index is -0.231. The molecule has 2 amide bonds. The molecule has 3 rings (SSSR count). The number of nitrogens with zero attached hydrogens (tertiary/aromatic N) is 1. The molecule has 0 bridgehead atoms. The quantitative estimate of drug-likeness (QED) is 0.901. The summed E-state index contributed by atoms with van der Waals surface area (Å²) in [5, 5.41) is 3.77. The number of piperidine rings is 1. The molecule has 1 saturated heterocycles. The number of hydrogen-bond donors (Lipinski definition) is 1. The number of furan rings is 1. The smallest absolute Gasteiger partial charge is 0.287 e. The van der Waals surface area contributed by atoms with E-state index in [9.17, 15) is 9.59 Å². The maximum atomic E-state index is 12.5. The van der Waals surface area contributed by atoms with Gasteiger partial charge in [0.1, 0.15) is 0 Å². The fourth-order valence-electron chi connectivity index (χ4n) is 2.72. The Balaban J connectivity index is 1.56. The van der Waals surface area contributed by atoms with Gasteiger partial charge in [0.05, 0.1) is 16.8 Å². The predicted molar refractivity (Wildman–Crippen MR) is 91.6 cm³/mol. The van der Waals surface area contributed by atoms with E-state index in [1.165, 1.54) is 6.26 Å². The lowest BCUT2D eigenvalue weighted by atomic mass is 10.0. The average Bonchev–Trinajstić information content (AvgIpc) is 3.09. The van der Waals surface area contributed by atoms with Gasteiger partial charge >= 0.3 is 0 Å². The first-order valence-corrected chi connectivity index (χ1v) is 8.39. The van der Waals surface area contributed by atoms with Gasteiger partial charge in [-0.15, -0.1) is 0 Å². The zero-order valence-corrected chi connectivity index (χ0v) is 14.3. The molecule has 1 aromatic heterocycles. The monoisotopic (exact) mass is 366 g/mol. The van der Waals surface area contributed by atoms with Crippen molar-refractivity contribution < 1.29 is 14.0 Å². The molecule has 2 heterocycles. The summed E-state index contributed by atoms with van der Waals surface area (Å²) >= 11 is 12.0. The molecule has 1 fully saturated rings. The van der Waals surface area contributed by atoms with Crippen molar-refractivity contribution in [2.45, 2.75) is 18.9 Å². The van der Waals surface area contributed by atoms with Gasteiger partial charge in [0, 0.05) is 24.2 Å². The van der Waals surface area contributed by atoms with Crippen LogP contribution in [-0.4, -0.2) is 35.8 Å². The van der Waals surface area contributed by atoms with Crippen molar-refractivity contribution in [3.63, 3.8) is 0 Å². The summed E-state index contributed by atoms with van der Waals surface area (Å²) in [6, 6.07) is 8.16. The molecule has 24 heavy (non-hydrogen) atoms. The lowest BCUT2D eigenvalue weighted by molar-refractivity contribution is 0.0696. The zero-order valence-electron chi connectivity index (χ0n) is 12.8. The number of rotatable bonds is 3. The molecule has 1 N–H and O–H groups in total. The normalized spacial score (nSPS) is 15.3. The molecule has 7 heteroatoms. The van der Waals surface area contributed by atoms with Gasteiger partial charge < -0.3 is 14.6 Å². The van der Waals surface area contributed by atoms with Crippen molar-refractivity contribution in [3.05, 3.63) is 58.0 Å². The number of benzene rings is 1. The van der Waals surface area contributed by atoms with E-state index in [0.717, 1.165) is 0 Å². The summed E-state index contributed by atoms with van der Waals surface area (Å²) in [5.41, 5.74) is 0.444. The number of carbonyl (C=O) groups excluding carboxylic acids is 2. The Morgan fingerprint density at radius 1 is 1.17 bits per heavy atom. The van der Waals surface area contributed by atoms with Crippen molar-refractivity contribution in [1.82, 2.24) is 10.2 Å². The van der Waals surface area contributed by atoms with Crippen LogP contribution in [0.25, 0.3) is 0 Å². The van der Waals surface area contributed by atoms with E-state index in [2.05, 4.69) is 5.32 Å². The summed E-state index contributed by atoms with van der Waals surface area (Å²) in [6.07, 6.45) is 2.83. The van der Waals surface area contributed by atoms with Crippen molar-refractivity contribution in [3.8, 4) is 0 Å². The predicted octanol–water partition coefficient (Wildman–Crippen LogP) is 3.62. The molecule has 0 saturated carbocycles. The molecule has 1 aliphatic heterocycles. The van der Waals surface area contributed by atoms with Gasteiger partial charge in [-0.25, -0.2) is 0 Å². The second-order valence-corrected chi connectivity index (χ2v) is 6.49. The minimum absolute atomic E-state index is 0.0207. The number of likely N-dealkylation sites (tertiary alicyclic amines) is 1. The second kappa shape index (κ2) is 7.28. The Kier molecular flexibility index (Phi) is 5.11. The van der Waals surface area contributed by atoms with E-state index in [4.69, 9.17) is 27.6 Å². The van der Waals surface area contributed by atoms with Gasteiger partial charge in [0.15, 0.2) is 5.76 Å². The molecule has 0 unspecified atom stereocenters. The third kappa shape index (κ3) is 3.74. The van der Waals surface area contributed by atoms with Gasteiger partial charge in [-0.05, 0) is 43.2 Å². The van der Waals surface area contributed by atoms with E-state index in [0.29, 0.717) is 47.3 Å². The third-order valence-electron chi connectivity index (χ3n) is 4.02. The molecule has 0 spiro atoms. The second-order valence-electron chi connectivity index (χ2n) is 5.64. The molecule has 1 aromatic carbocycles. The number of amides is 2. The van der Waals surface area contributed by atoms with Crippen LogP contribution < -0.4 is 5.32 Å². The van der Waals surface area contributed by atoms with Crippen molar-refractivity contribution in [2.75, 3.05) is 13.1 Å². The van der Waals surface area contributed by atoms with Crippen LogP contribution >= 0.6 is 23.2 Å². The zero-order chi connectivity index (χ0) is 17.1. The topological polar surface area (TPSA) is 62.6 Å². The van der Waals surface area contributed by atoms with Crippen molar-refractivity contribution >= 4 is 35.0 Å². The van der Waals surface area contributed by atoms with Crippen molar-refractivity contribution in [2.24, 2.45) is 0 Å². The highest BCUT2D eigenvalue weighted by Gasteiger charge is 2.26. The standard InChI is InChI=1S/C17H16Cl2N2O3/c18-11-3-4-13(14(19)10-11)17(23)21-7-5-12(6-8-21)20-16(22)15-2-1-9-24-15/h1-4,9-10,12H,5-8H2,(H,20,22). The van der Waals surface area contributed by atoms with E-state index >= 15 is 0 Å². The number of nitrogens with one attached hydrogen (secondary N) is 1. The fourth-order valence-corrected chi connectivity index (χ4v) is 3.21. The van der Waals surface area contributed by atoms with Gasteiger partial charge in [-0.3, -0.25) is 9.59 Å². The highest BCUT2D eigenvalue weighted by Crippen LogP contribution is 2.23. The molecular formula is C17H16Cl2N2O3. The molecule has 0 radical (unpaired) electrons. The molecule has 2 aromatic rings. The van der Waals surface area contributed by atoms with Crippen LogP contribution in [0.3, 0.4) is 0 Å². The van der Waals surface area contributed by atoms with Crippen LogP contribution in [0, 0.1) is 0 Å². The number of hydrogen-bond acceptors (Lipinski definition) is 3. The number of halogens is 2. The minimum Gasteiger partial charge on any atom is -0.459 e. The fraction of sp³-hybridized carbons (Fsp3) is 0.294. The molecule has 0 atom stereocenters. The third-order valence-corrected chi connectivity index (χ3v) is 4.57. The Morgan fingerprint density at radius 2 is 1.92 bits per heavy atom. The van der Waals surface area contributed by atoms with E-state index < -0.39 is 0 Å². The Hall–Kier alpha value is -1.98. The maximum absolute atomic E-state index is 12.5. The van der Waals surface area contributed by atoms with E-state index in [1.807, 2.05) is 0 Å². The van der Waals surface area contributed by atoms with Crippen LogP contribution in [0.1, 0.15) is 33.8 Å². The summed E-state index contributed by atoms with van der Waals surface area (Å²) in [7, 11) is 0.